The Balaban J connectivity index is 1.39. The molecule has 0 aromatic heterocycles. The summed E-state index contributed by atoms with van der Waals surface area (Å²) in [5, 5.41) is 11.6. The van der Waals surface area contributed by atoms with E-state index in [-0.39, 0.29) is 17.8 Å². The zero-order chi connectivity index (χ0) is 22.6. The number of rotatable bonds is 6. The molecule has 3 N–H and O–H groups in total. The maximum Gasteiger partial charge on any atom is 0.343 e. The van der Waals surface area contributed by atoms with Crippen molar-refractivity contribution in [2.24, 2.45) is 16.6 Å². The molecular formula is C25H30FN3O3. The predicted octanol–water partition coefficient (Wildman–Crippen LogP) is 3.34. The quantitative estimate of drug-likeness (QED) is 0.410. The Morgan fingerprint density at radius 3 is 2.50 bits per heavy atom. The van der Waals surface area contributed by atoms with Crippen LogP contribution in [-0.2, 0) is 21.7 Å². The lowest BCUT2D eigenvalue weighted by Crippen LogP contribution is -2.45. The number of aliphatic hydroxyl groups is 1. The van der Waals surface area contributed by atoms with E-state index >= 15 is 0 Å². The van der Waals surface area contributed by atoms with E-state index in [4.69, 9.17) is 10.5 Å². The Morgan fingerprint density at radius 2 is 1.81 bits per heavy atom. The van der Waals surface area contributed by atoms with Crippen molar-refractivity contribution >= 4 is 11.9 Å². The largest absolute Gasteiger partial charge is 0.458 e. The molecule has 2 atom stereocenters. The first-order valence-corrected chi connectivity index (χ1v) is 11.2. The average molecular weight is 440 g/mol. The van der Waals surface area contributed by atoms with Crippen LogP contribution in [0.25, 0.3) is 0 Å². The van der Waals surface area contributed by atoms with Gasteiger partial charge in [0.05, 0.1) is 13.1 Å². The van der Waals surface area contributed by atoms with Crippen molar-refractivity contribution in [1.29, 1.82) is 0 Å². The van der Waals surface area contributed by atoms with E-state index in [1.54, 1.807) is 24.3 Å². The van der Waals surface area contributed by atoms with Gasteiger partial charge in [-0.05, 0) is 36.1 Å². The molecule has 4 rings (SSSR count). The Labute approximate surface area is 187 Å². The van der Waals surface area contributed by atoms with Crippen molar-refractivity contribution in [3.8, 4) is 0 Å². The summed E-state index contributed by atoms with van der Waals surface area (Å²) in [6.45, 7) is 1.40. The third-order valence-electron chi connectivity index (χ3n) is 6.55. The van der Waals surface area contributed by atoms with Gasteiger partial charge in [-0.2, -0.15) is 0 Å². The maximum atomic E-state index is 13.2. The number of carbonyl (C=O) groups excluding carboxylic acids is 1. The number of halogens is 1. The molecule has 1 aliphatic heterocycles. The number of esters is 1. The van der Waals surface area contributed by atoms with Crippen LogP contribution < -0.4 is 5.73 Å². The van der Waals surface area contributed by atoms with Gasteiger partial charge in [0, 0.05) is 18.9 Å². The van der Waals surface area contributed by atoms with Gasteiger partial charge in [0.2, 0.25) is 0 Å². The van der Waals surface area contributed by atoms with Crippen LogP contribution >= 0.6 is 0 Å². The molecule has 0 amide bonds. The second-order valence-corrected chi connectivity index (χ2v) is 8.68. The summed E-state index contributed by atoms with van der Waals surface area (Å²) in [7, 11) is 0. The number of aliphatic imine (C=N–C) groups is 1. The minimum Gasteiger partial charge on any atom is -0.458 e. The molecule has 0 bridgehead atoms. The van der Waals surface area contributed by atoms with E-state index in [1.807, 2.05) is 23.1 Å². The molecule has 1 saturated carbocycles. The Hall–Kier alpha value is -2.93. The average Bonchev–Trinajstić information content (AvgIpc) is 3.51. The fourth-order valence-corrected chi connectivity index (χ4v) is 4.69. The summed E-state index contributed by atoms with van der Waals surface area (Å²) >= 11 is 0. The molecule has 1 saturated heterocycles. The van der Waals surface area contributed by atoms with Crippen molar-refractivity contribution in [2.75, 3.05) is 13.1 Å². The van der Waals surface area contributed by atoms with E-state index in [0.29, 0.717) is 37.6 Å². The van der Waals surface area contributed by atoms with Gasteiger partial charge in [0.1, 0.15) is 11.9 Å². The summed E-state index contributed by atoms with van der Waals surface area (Å²) < 4.78 is 18.9. The first-order chi connectivity index (χ1) is 15.5. The highest BCUT2D eigenvalue weighted by Crippen LogP contribution is 2.41. The summed E-state index contributed by atoms with van der Waals surface area (Å²) in [6.07, 6.45) is 3.88. The highest BCUT2D eigenvalue weighted by atomic mass is 19.1. The number of nitrogens with two attached hydrogens (primary N) is 1. The molecule has 2 aromatic carbocycles. The van der Waals surface area contributed by atoms with Gasteiger partial charge < -0.3 is 20.5 Å². The molecule has 2 aromatic rings. The molecule has 0 spiro atoms. The van der Waals surface area contributed by atoms with E-state index in [1.165, 1.54) is 12.1 Å². The fraction of sp³-hybridized carbons (Fsp3) is 0.440. The normalized spacial score (nSPS) is 21.5. The smallest absolute Gasteiger partial charge is 0.343 e. The summed E-state index contributed by atoms with van der Waals surface area (Å²) in [5.41, 5.74) is 5.96. The van der Waals surface area contributed by atoms with Gasteiger partial charge in [-0.15, -0.1) is 0 Å². The molecule has 1 heterocycles. The van der Waals surface area contributed by atoms with Gasteiger partial charge in [-0.3, -0.25) is 0 Å². The number of benzene rings is 2. The lowest BCUT2D eigenvalue weighted by atomic mass is 9.80. The zero-order valence-corrected chi connectivity index (χ0v) is 18.1. The molecule has 2 fully saturated rings. The molecule has 1 aliphatic carbocycles. The minimum atomic E-state index is -1.63. The second-order valence-electron chi connectivity index (χ2n) is 8.68. The number of nitrogens with zero attached hydrogens (tertiary/aromatic N) is 2. The van der Waals surface area contributed by atoms with Gasteiger partial charge in [0.15, 0.2) is 11.6 Å². The number of carbonyl (C=O) groups is 1. The number of likely N-dealkylation sites (tertiary alicyclic amines) is 1. The number of hydrogen-bond acceptors (Lipinski definition) is 4. The van der Waals surface area contributed by atoms with Crippen LogP contribution in [0.5, 0.6) is 0 Å². The van der Waals surface area contributed by atoms with E-state index < -0.39 is 11.6 Å². The maximum absolute atomic E-state index is 13.2. The molecule has 2 aliphatic rings. The van der Waals surface area contributed by atoms with Crippen molar-refractivity contribution in [1.82, 2.24) is 4.90 Å². The standard InChI is InChI=1S/C25H30FN3O3/c26-21-12-10-18(11-13-21)16-28-24(27)29-15-14-22(17-29)32-23(30)25(31,20-8-4-5-9-20)19-6-2-1-3-7-19/h1-3,6-7,10-13,20,22,31H,4-5,8-9,14-17H2,(H2,27,28). The van der Waals surface area contributed by atoms with Crippen LogP contribution in [0.1, 0.15) is 43.2 Å². The van der Waals surface area contributed by atoms with Gasteiger partial charge >= 0.3 is 5.97 Å². The number of ether oxygens (including phenoxy) is 1. The van der Waals surface area contributed by atoms with Crippen LogP contribution in [-0.4, -0.2) is 41.1 Å². The van der Waals surface area contributed by atoms with E-state index in [2.05, 4.69) is 4.99 Å². The first-order valence-electron chi connectivity index (χ1n) is 11.2. The van der Waals surface area contributed by atoms with Crippen LogP contribution in [0.3, 0.4) is 0 Å². The van der Waals surface area contributed by atoms with Crippen LogP contribution in [0.2, 0.25) is 0 Å². The van der Waals surface area contributed by atoms with Gasteiger partial charge in [-0.25, -0.2) is 14.2 Å². The van der Waals surface area contributed by atoms with Crippen LogP contribution in [0.15, 0.2) is 59.6 Å². The number of guanidine groups is 1. The first kappa shape index (κ1) is 22.3. The van der Waals surface area contributed by atoms with E-state index in [0.717, 1.165) is 31.2 Å². The van der Waals surface area contributed by atoms with Gasteiger partial charge in [-0.1, -0.05) is 55.3 Å². The second kappa shape index (κ2) is 9.69. The fourth-order valence-electron chi connectivity index (χ4n) is 4.69. The molecule has 7 heteroatoms. The molecule has 32 heavy (non-hydrogen) atoms. The minimum absolute atomic E-state index is 0.141. The highest BCUT2D eigenvalue weighted by molar-refractivity contribution is 5.82. The van der Waals surface area contributed by atoms with Crippen LogP contribution in [0, 0.1) is 11.7 Å². The van der Waals surface area contributed by atoms with Crippen molar-refractivity contribution in [2.45, 2.75) is 50.4 Å². The Bertz CT molecular complexity index is 945. The van der Waals surface area contributed by atoms with E-state index in [9.17, 15) is 14.3 Å². The third kappa shape index (κ3) is 4.78. The van der Waals surface area contributed by atoms with Crippen molar-refractivity contribution in [3.05, 3.63) is 71.5 Å². The van der Waals surface area contributed by atoms with Crippen molar-refractivity contribution in [3.63, 3.8) is 0 Å². The lowest BCUT2D eigenvalue weighted by Gasteiger charge is -2.33. The summed E-state index contributed by atoms with van der Waals surface area (Å²) in [5.74, 6) is -0.647. The highest BCUT2D eigenvalue weighted by Gasteiger charge is 2.48. The molecular weight excluding hydrogens is 409 g/mol. The topological polar surface area (TPSA) is 88.1 Å². The molecule has 2 unspecified atom stereocenters. The zero-order valence-electron chi connectivity index (χ0n) is 18.1. The molecule has 0 radical (unpaired) electrons. The predicted molar refractivity (Wildman–Crippen MR) is 120 cm³/mol. The Kier molecular flexibility index (Phi) is 6.74. The summed E-state index contributed by atoms with van der Waals surface area (Å²) in [6, 6.07) is 15.3. The SMILES string of the molecule is NC(=NCc1ccc(F)cc1)N1CCC(OC(=O)C(O)(c2ccccc2)C2CCCC2)C1. The third-order valence-corrected chi connectivity index (χ3v) is 6.55. The molecule has 170 valence electrons. The summed E-state index contributed by atoms with van der Waals surface area (Å²) in [4.78, 5) is 19.5. The molecule has 6 nitrogen and oxygen atoms in total. The van der Waals surface area contributed by atoms with Crippen molar-refractivity contribution < 1.29 is 19.0 Å². The number of hydrogen-bond donors (Lipinski definition) is 2. The van der Waals surface area contributed by atoms with Crippen LogP contribution in [0.4, 0.5) is 4.39 Å². The monoisotopic (exact) mass is 439 g/mol. The van der Waals surface area contributed by atoms with Gasteiger partial charge in [0.25, 0.3) is 0 Å². The Morgan fingerprint density at radius 1 is 1.12 bits per heavy atom. The lowest BCUT2D eigenvalue weighted by molar-refractivity contribution is -0.178.